The first-order valence-corrected chi connectivity index (χ1v) is 6.04. The van der Waals surface area contributed by atoms with E-state index in [1.165, 1.54) is 10.9 Å². The lowest BCUT2D eigenvalue weighted by Crippen LogP contribution is -2.27. The molecule has 0 unspecified atom stereocenters. The van der Waals surface area contributed by atoms with Gasteiger partial charge in [-0.2, -0.15) is 0 Å². The van der Waals surface area contributed by atoms with Gasteiger partial charge in [-0.15, -0.1) is 5.10 Å². The number of rotatable bonds is 5. The number of aryl methyl sites for hydroxylation is 1. The fraction of sp³-hybridized carbons (Fsp3) is 0.231. The third kappa shape index (κ3) is 3.41. The number of carboxylic acid groups (broad SMARTS) is 1. The summed E-state index contributed by atoms with van der Waals surface area (Å²) in [5.41, 5.74) is 1.49. The predicted octanol–water partition coefficient (Wildman–Crippen LogP) is 0.715. The van der Waals surface area contributed by atoms with Crippen molar-refractivity contribution in [1.29, 1.82) is 0 Å². The molecule has 0 aliphatic heterocycles. The number of hydrogen-bond acceptors (Lipinski definition) is 4. The summed E-state index contributed by atoms with van der Waals surface area (Å²) in [6.07, 6.45) is 1.32. The number of nitrogens with one attached hydrogen (secondary N) is 1. The highest BCUT2D eigenvalue weighted by Crippen LogP contribution is 2.03. The minimum absolute atomic E-state index is 0.116. The van der Waals surface area contributed by atoms with E-state index in [0.717, 1.165) is 5.56 Å². The van der Waals surface area contributed by atoms with E-state index in [2.05, 4.69) is 15.6 Å². The summed E-state index contributed by atoms with van der Waals surface area (Å²) in [5.74, 6) is -1.30. The van der Waals surface area contributed by atoms with E-state index in [9.17, 15) is 9.59 Å². The molecule has 2 N–H and O–H groups in total. The maximum absolute atomic E-state index is 11.9. The number of nitrogens with zero attached hydrogens (tertiary/aromatic N) is 3. The van der Waals surface area contributed by atoms with Crippen LogP contribution in [0.3, 0.4) is 0 Å². The maximum Gasteiger partial charge on any atom is 0.358 e. The van der Waals surface area contributed by atoms with Gasteiger partial charge in [0.1, 0.15) is 0 Å². The van der Waals surface area contributed by atoms with E-state index >= 15 is 0 Å². The van der Waals surface area contributed by atoms with Gasteiger partial charge in [-0.05, 0) is 19.1 Å². The van der Waals surface area contributed by atoms with Crippen LogP contribution >= 0.6 is 0 Å². The third-order valence-corrected chi connectivity index (χ3v) is 2.66. The van der Waals surface area contributed by atoms with Crippen LogP contribution in [0.15, 0.2) is 30.5 Å². The first-order valence-electron chi connectivity index (χ1n) is 6.04. The number of benzene rings is 1. The van der Waals surface area contributed by atoms with Crippen molar-refractivity contribution in [2.75, 3.05) is 6.54 Å². The molecule has 0 aliphatic carbocycles. The van der Waals surface area contributed by atoms with Crippen molar-refractivity contribution in [3.05, 3.63) is 47.3 Å². The highest BCUT2D eigenvalue weighted by Gasteiger charge is 2.08. The fourth-order valence-electron chi connectivity index (χ4n) is 1.68. The normalized spacial score (nSPS) is 10.2. The zero-order chi connectivity index (χ0) is 14.5. The minimum atomic E-state index is -1.12. The lowest BCUT2D eigenvalue weighted by Gasteiger charge is -2.05. The van der Waals surface area contributed by atoms with Gasteiger partial charge >= 0.3 is 5.97 Å². The second-order valence-electron chi connectivity index (χ2n) is 4.30. The van der Waals surface area contributed by atoms with Gasteiger partial charge in [0, 0.05) is 12.1 Å². The Bertz CT molecular complexity index is 636. The van der Waals surface area contributed by atoms with Crippen LogP contribution < -0.4 is 5.32 Å². The highest BCUT2D eigenvalue weighted by molar-refractivity contribution is 5.94. The molecule has 1 amide bonds. The molecule has 0 aliphatic rings. The summed E-state index contributed by atoms with van der Waals surface area (Å²) in [5, 5.41) is 18.6. The van der Waals surface area contributed by atoms with Crippen molar-refractivity contribution in [1.82, 2.24) is 20.3 Å². The van der Waals surface area contributed by atoms with Crippen molar-refractivity contribution >= 4 is 11.9 Å². The number of aromatic carboxylic acids is 1. The Labute approximate surface area is 115 Å². The monoisotopic (exact) mass is 274 g/mol. The van der Waals surface area contributed by atoms with E-state index in [4.69, 9.17) is 5.11 Å². The number of carbonyl (C=O) groups excluding carboxylic acids is 1. The van der Waals surface area contributed by atoms with Crippen LogP contribution in [-0.4, -0.2) is 38.5 Å². The smallest absolute Gasteiger partial charge is 0.358 e. The van der Waals surface area contributed by atoms with Crippen LogP contribution in [0.5, 0.6) is 0 Å². The Morgan fingerprint density at radius 3 is 2.85 bits per heavy atom. The summed E-state index contributed by atoms with van der Waals surface area (Å²) >= 11 is 0. The molecule has 0 saturated carbocycles. The molecule has 2 aromatic rings. The van der Waals surface area contributed by atoms with Crippen LogP contribution in [0.4, 0.5) is 0 Å². The zero-order valence-electron chi connectivity index (χ0n) is 10.9. The van der Waals surface area contributed by atoms with E-state index < -0.39 is 5.97 Å². The summed E-state index contributed by atoms with van der Waals surface area (Å²) in [7, 11) is 0. The zero-order valence-corrected chi connectivity index (χ0v) is 10.9. The van der Waals surface area contributed by atoms with Crippen LogP contribution in [0, 0.1) is 6.92 Å². The van der Waals surface area contributed by atoms with Crippen molar-refractivity contribution in [2.45, 2.75) is 13.5 Å². The summed E-state index contributed by atoms with van der Waals surface area (Å²) in [4.78, 5) is 22.5. The van der Waals surface area contributed by atoms with Gasteiger partial charge in [0.15, 0.2) is 5.69 Å². The van der Waals surface area contributed by atoms with Gasteiger partial charge in [0.2, 0.25) is 0 Å². The lowest BCUT2D eigenvalue weighted by molar-refractivity contribution is 0.0690. The fourth-order valence-corrected chi connectivity index (χ4v) is 1.68. The maximum atomic E-state index is 11.9. The van der Waals surface area contributed by atoms with Gasteiger partial charge in [-0.3, -0.25) is 4.79 Å². The molecular formula is C13H14N4O3. The predicted molar refractivity (Wildman–Crippen MR) is 70.5 cm³/mol. The standard InChI is InChI=1S/C13H14N4O3/c1-9-3-2-4-10(7-9)12(18)14-5-6-17-8-11(13(19)20)15-16-17/h2-4,7-8H,5-6H2,1H3,(H,14,18)(H,19,20). The molecule has 0 bridgehead atoms. The Kier molecular flexibility index (Phi) is 4.09. The summed E-state index contributed by atoms with van der Waals surface area (Å²) < 4.78 is 1.37. The van der Waals surface area contributed by atoms with Crippen LogP contribution in [-0.2, 0) is 6.54 Å². The number of aromatic nitrogens is 3. The quantitative estimate of drug-likeness (QED) is 0.837. The molecule has 1 aromatic carbocycles. The summed E-state index contributed by atoms with van der Waals surface area (Å²) in [6.45, 7) is 2.62. The molecule has 0 fully saturated rings. The lowest BCUT2D eigenvalue weighted by atomic mass is 10.1. The molecular weight excluding hydrogens is 260 g/mol. The van der Waals surface area contributed by atoms with Crippen molar-refractivity contribution < 1.29 is 14.7 Å². The number of carbonyl (C=O) groups is 2. The molecule has 0 radical (unpaired) electrons. The molecule has 0 atom stereocenters. The van der Waals surface area contributed by atoms with E-state index in [1.54, 1.807) is 12.1 Å². The van der Waals surface area contributed by atoms with Crippen molar-refractivity contribution in [3.63, 3.8) is 0 Å². The number of hydrogen-bond donors (Lipinski definition) is 2. The Morgan fingerprint density at radius 2 is 2.20 bits per heavy atom. The Hall–Kier alpha value is -2.70. The van der Waals surface area contributed by atoms with E-state index in [0.29, 0.717) is 18.7 Å². The average Bonchev–Trinajstić information content (AvgIpc) is 2.87. The number of amides is 1. The second kappa shape index (κ2) is 5.96. The van der Waals surface area contributed by atoms with E-state index in [1.807, 2.05) is 19.1 Å². The molecule has 104 valence electrons. The molecule has 1 heterocycles. The third-order valence-electron chi connectivity index (χ3n) is 2.66. The van der Waals surface area contributed by atoms with E-state index in [-0.39, 0.29) is 11.6 Å². The molecule has 7 nitrogen and oxygen atoms in total. The Balaban J connectivity index is 1.86. The SMILES string of the molecule is Cc1cccc(C(=O)NCCn2cc(C(=O)O)nn2)c1. The molecule has 1 aromatic heterocycles. The minimum Gasteiger partial charge on any atom is -0.476 e. The molecule has 2 rings (SSSR count). The van der Waals surface area contributed by atoms with Gasteiger partial charge < -0.3 is 10.4 Å². The van der Waals surface area contributed by atoms with Crippen LogP contribution in [0.1, 0.15) is 26.4 Å². The largest absolute Gasteiger partial charge is 0.476 e. The van der Waals surface area contributed by atoms with Gasteiger partial charge in [0.05, 0.1) is 12.7 Å². The van der Waals surface area contributed by atoms with Gasteiger partial charge in [-0.1, -0.05) is 22.9 Å². The van der Waals surface area contributed by atoms with Crippen LogP contribution in [0.25, 0.3) is 0 Å². The molecule has 0 spiro atoms. The highest BCUT2D eigenvalue weighted by atomic mass is 16.4. The molecule has 7 heteroatoms. The van der Waals surface area contributed by atoms with Crippen LogP contribution in [0.2, 0.25) is 0 Å². The first kappa shape index (κ1) is 13.7. The summed E-state index contributed by atoms with van der Waals surface area (Å²) in [6, 6.07) is 7.27. The Morgan fingerprint density at radius 1 is 1.40 bits per heavy atom. The topological polar surface area (TPSA) is 97.1 Å². The molecule has 20 heavy (non-hydrogen) atoms. The van der Waals surface area contributed by atoms with Crippen molar-refractivity contribution in [2.24, 2.45) is 0 Å². The van der Waals surface area contributed by atoms with Crippen molar-refractivity contribution in [3.8, 4) is 0 Å². The second-order valence-corrected chi connectivity index (χ2v) is 4.30. The molecule has 0 saturated heterocycles. The first-order chi connectivity index (χ1) is 9.56. The van der Waals surface area contributed by atoms with Gasteiger partial charge in [-0.25, -0.2) is 9.48 Å². The van der Waals surface area contributed by atoms with Gasteiger partial charge in [0.25, 0.3) is 5.91 Å². The average molecular weight is 274 g/mol. The number of carboxylic acids is 1.